The number of nitriles is 1. The lowest BCUT2D eigenvalue weighted by molar-refractivity contribution is -0.137. The highest BCUT2D eigenvalue weighted by molar-refractivity contribution is 5.49. The first-order valence-corrected chi connectivity index (χ1v) is 6.03. The van der Waals surface area contributed by atoms with Crippen molar-refractivity contribution in [3.63, 3.8) is 0 Å². The molecule has 0 radical (unpaired) electrons. The molecule has 1 heterocycles. The summed E-state index contributed by atoms with van der Waals surface area (Å²) in [5.41, 5.74) is 0.156. The van der Waals surface area contributed by atoms with Crippen molar-refractivity contribution in [3.05, 3.63) is 29.8 Å². The smallest absolute Gasteiger partial charge is 0.370 e. The normalized spacial score (nSPS) is 19.5. The minimum Gasteiger partial charge on any atom is -0.370 e. The molecule has 1 saturated heterocycles. The van der Waals surface area contributed by atoms with E-state index in [0.717, 1.165) is 30.8 Å². The Bertz CT molecular complexity index is 462. The van der Waals surface area contributed by atoms with Crippen molar-refractivity contribution < 1.29 is 13.2 Å². The Kier molecular flexibility index (Phi) is 3.96. The van der Waals surface area contributed by atoms with Gasteiger partial charge in [0.2, 0.25) is 0 Å². The largest absolute Gasteiger partial charge is 0.416 e. The van der Waals surface area contributed by atoms with Gasteiger partial charge in [-0.25, -0.2) is 0 Å². The third-order valence-electron chi connectivity index (χ3n) is 3.22. The van der Waals surface area contributed by atoms with Crippen molar-refractivity contribution in [2.75, 3.05) is 24.5 Å². The molecule has 1 unspecified atom stereocenters. The number of anilines is 1. The number of hydrogen-bond donors (Lipinski definition) is 1. The molecule has 1 atom stereocenters. The number of alkyl halides is 3. The van der Waals surface area contributed by atoms with E-state index in [1.807, 2.05) is 11.0 Å². The highest BCUT2D eigenvalue weighted by atomic mass is 19.4. The van der Waals surface area contributed by atoms with Crippen LogP contribution in [-0.2, 0) is 6.18 Å². The van der Waals surface area contributed by atoms with Crippen molar-refractivity contribution in [1.82, 2.24) is 5.32 Å². The molecule has 6 heteroatoms. The predicted molar refractivity (Wildman–Crippen MR) is 65.7 cm³/mol. The molecule has 0 saturated carbocycles. The van der Waals surface area contributed by atoms with Crippen LogP contribution in [0.25, 0.3) is 0 Å². The van der Waals surface area contributed by atoms with Crippen molar-refractivity contribution in [3.8, 4) is 6.07 Å². The Morgan fingerprint density at radius 3 is 2.58 bits per heavy atom. The van der Waals surface area contributed by atoms with Crippen LogP contribution < -0.4 is 10.2 Å². The quantitative estimate of drug-likeness (QED) is 0.856. The molecule has 0 aromatic heterocycles. The number of rotatable bonds is 3. The van der Waals surface area contributed by atoms with Gasteiger partial charge in [-0.3, -0.25) is 5.32 Å². The molecule has 1 aromatic carbocycles. The summed E-state index contributed by atoms with van der Waals surface area (Å²) in [5, 5.41) is 11.6. The van der Waals surface area contributed by atoms with Gasteiger partial charge in [0.05, 0.1) is 18.2 Å². The summed E-state index contributed by atoms with van der Waals surface area (Å²) in [6.45, 7) is 1.80. The van der Waals surface area contributed by atoms with Gasteiger partial charge in [-0.2, -0.15) is 18.4 Å². The number of nitrogens with one attached hydrogen (secondary N) is 1. The van der Waals surface area contributed by atoms with Gasteiger partial charge < -0.3 is 4.90 Å². The molecule has 1 aliphatic rings. The fraction of sp³-hybridized carbons (Fsp3) is 0.462. The van der Waals surface area contributed by atoms with Crippen LogP contribution in [0.1, 0.15) is 12.0 Å². The molecular formula is C13H14F3N3. The summed E-state index contributed by atoms with van der Waals surface area (Å²) in [5.74, 6) is 0. The fourth-order valence-corrected chi connectivity index (χ4v) is 2.21. The third kappa shape index (κ3) is 3.38. The van der Waals surface area contributed by atoms with Gasteiger partial charge in [-0.15, -0.1) is 0 Å². The van der Waals surface area contributed by atoms with E-state index in [1.165, 1.54) is 12.1 Å². The lowest BCUT2D eigenvalue weighted by Crippen LogP contribution is -2.32. The predicted octanol–water partition coefficient (Wildman–Crippen LogP) is 2.40. The SMILES string of the molecule is N#CCNC1CCN(c2ccc(C(F)(F)F)cc2)C1. The van der Waals surface area contributed by atoms with Crippen LogP contribution in [0.4, 0.5) is 18.9 Å². The fourth-order valence-electron chi connectivity index (χ4n) is 2.21. The van der Waals surface area contributed by atoms with Crippen LogP contribution in [-0.4, -0.2) is 25.7 Å². The van der Waals surface area contributed by atoms with Crippen LogP contribution >= 0.6 is 0 Å². The zero-order valence-corrected chi connectivity index (χ0v) is 10.2. The van der Waals surface area contributed by atoms with Crippen molar-refractivity contribution in [1.29, 1.82) is 5.26 Å². The van der Waals surface area contributed by atoms with Crippen LogP contribution in [0.3, 0.4) is 0 Å². The summed E-state index contributed by atoms with van der Waals surface area (Å²) in [6, 6.07) is 7.44. The second-order valence-corrected chi connectivity index (χ2v) is 4.52. The van der Waals surface area contributed by atoms with Gasteiger partial charge >= 0.3 is 6.18 Å². The van der Waals surface area contributed by atoms with E-state index in [4.69, 9.17) is 5.26 Å². The molecule has 19 heavy (non-hydrogen) atoms. The van der Waals surface area contributed by atoms with E-state index in [2.05, 4.69) is 5.32 Å². The maximum Gasteiger partial charge on any atom is 0.416 e. The molecule has 1 aliphatic heterocycles. The minimum absolute atomic E-state index is 0.224. The number of halogens is 3. The van der Waals surface area contributed by atoms with Crippen LogP contribution in [0.2, 0.25) is 0 Å². The highest BCUT2D eigenvalue weighted by Crippen LogP contribution is 2.31. The molecule has 1 N–H and O–H groups in total. The van der Waals surface area contributed by atoms with E-state index < -0.39 is 11.7 Å². The number of hydrogen-bond acceptors (Lipinski definition) is 3. The molecular weight excluding hydrogens is 255 g/mol. The second kappa shape index (κ2) is 5.49. The van der Waals surface area contributed by atoms with Gasteiger partial charge in [0.25, 0.3) is 0 Å². The van der Waals surface area contributed by atoms with E-state index in [-0.39, 0.29) is 6.04 Å². The first-order chi connectivity index (χ1) is 9.00. The Morgan fingerprint density at radius 1 is 1.32 bits per heavy atom. The molecule has 102 valence electrons. The molecule has 0 aliphatic carbocycles. The Labute approximate surface area is 109 Å². The number of benzene rings is 1. The van der Waals surface area contributed by atoms with Gasteiger partial charge in [-0.1, -0.05) is 0 Å². The lowest BCUT2D eigenvalue weighted by Gasteiger charge is -2.19. The summed E-state index contributed by atoms with van der Waals surface area (Å²) < 4.78 is 37.3. The molecule has 3 nitrogen and oxygen atoms in total. The lowest BCUT2D eigenvalue weighted by atomic mass is 10.2. The van der Waals surface area contributed by atoms with Gasteiger partial charge in [0.15, 0.2) is 0 Å². The first kappa shape index (κ1) is 13.7. The topological polar surface area (TPSA) is 39.1 Å². The van der Waals surface area contributed by atoms with E-state index in [9.17, 15) is 13.2 Å². The van der Waals surface area contributed by atoms with E-state index >= 15 is 0 Å². The van der Waals surface area contributed by atoms with Crippen molar-refractivity contribution in [2.24, 2.45) is 0 Å². The summed E-state index contributed by atoms with van der Waals surface area (Å²) in [4.78, 5) is 2.02. The minimum atomic E-state index is -4.29. The Morgan fingerprint density at radius 2 is 2.00 bits per heavy atom. The van der Waals surface area contributed by atoms with E-state index in [1.54, 1.807) is 0 Å². The van der Waals surface area contributed by atoms with Crippen LogP contribution in [0, 0.1) is 11.3 Å². The van der Waals surface area contributed by atoms with Gasteiger partial charge in [0.1, 0.15) is 0 Å². The first-order valence-electron chi connectivity index (χ1n) is 6.03. The molecule has 0 bridgehead atoms. The van der Waals surface area contributed by atoms with Gasteiger partial charge in [-0.05, 0) is 30.7 Å². The maximum absolute atomic E-state index is 12.4. The molecule has 0 spiro atoms. The van der Waals surface area contributed by atoms with Crippen molar-refractivity contribution in [2.45, 2.75) is 18.6 Å². The van der Waals surface area contributed by atoms with Crippen LogP contribution in [0.5, 0.6) is 0 Å². The molecule has 1 aromatic rings. The average Bonchev–Trinajstić information content (AvgIpc) is 2.84. The monoisotopic (exact) mass is 269 g/mol. The Balaban J connectivity index is 1.99. The standard InChI is InChI=1S/C13H14F3N3/c14-13(15,16)10-1-3-12(4-2-10)19-8-5-11(9-19)18-7-6-17/h1-4,11,18H,5,7-9H2. The average molecular weight is 269 g/mol. The van der Waals surface area contributed by atoms with Crippen molar-refractivity contribution >= 4 is 5.69 Å². The summed E-state index contributed by atoms with van der Waals surface area (Å²) in [6.07, 6.45) is -3.40. The molecule has 1 fully saturated rings. The number of nitrogens with zero attached hydrogens (tertiary/aromatic N) is 2. The summed E-state index contributed by atoms with van der Waals surface area (Å²) >= 11 is 0. The molecule has 0 amide bonds. The summed E-state index contributed by atoms with van der Waals surface area (Å²) in [7, 11) is 0. The second-order valence-electron chi connectivity index (χ2n) is 4.52. The third-order valence-corrected chi connectivity index (χ3v) is 3.22. The molecule has 2 rings (SSSR count). The Hall–Kier alpha value is -1.74. The van der Waals surface area contributed by atoms with Gasteiger partial charge in [0, 0.05) is 24.8 Å². The maximum atomic E-state index is 12.4. The highest BCUT2D eigenvalue weighted by Gasteiger charge is 2.30. The van der Waals surface area contributed by atoms with E-state index in [0.29, 0.717) is 13.1 Å². The zero-order valence-electron chi connectivity index (χ0n) is 10.2. The van der Waals surface area contributed by atoms with Crippen LogP contribution in [0.15, 0.2) is 24.3 Å². The zero-order chi connectivity index (χ0) is 13.9.